The molecule has 4 N–H and O–H groups in total. The fourth-order valence-corrected chi connectivity index (χ4v) is 2.91. The van der Waals surface area contributed by atoms with Crippen molar-refractivity contribution in [2.45, 2.75) is 18.4 Å². The minimum atomic E-state index is -3.80. The zero-order valence-electron chi connectivity index (χ0n) is 13.0. The van der Waals surface area contributed by atoms with Crippen molar-refractivity contribution in [3.8, 4) is 0 Å². The Morgan fingerprint density at radius 1 is 1.08 bits per heavy atom. The normalized spacial score (nSPS) is 11.2. The van der Waals surface area contributed by atoms with Crippen LogP contribution in [0.3, 0.4) is 0 Å². The van der Waals surface area contributed by atoms with E-state index in [9.17, 15) is 13.2 Å². The highest BCUT2D eigenvalue weighted by Gasteiger charge is 2.19. The molecule has 2 aromatic rings. The number of sulfonamides is 1. The molecule has 0 aliphatic heterocycles. The molecule has 0 aliphatic rings. The van der Waals surface area contributed by atoms with E-state index in [1.54, 1.807) is 0 Å². The lowest BCUT2D eigenvalue weighted by molar-refractivity contribution is 0.140. The van der Waals surface area contributed by atoms with Crippen LogP contribution in [0.5, 0.6) is 0 Å². The van der Waals surface area contributed by atoms with Crippen LogP contribution in [0.4, 0.5) is 10.5 Å². The van der Waals surface area contributed by atoms with Crippen LogP contribution in [0, 0.1) is 6.17 Å². The Bertz CT molecular complexity index is 777. The molecule has 0 atom stereocenters. The standard InChI is InChI=1S/C16H18N3O4S/c1-12(18-16(20)23-11-13-5-3-2-4-6-13)19-24(21,22)15-9-7-14(17)8-10-15/h2-10,19H,11,17H2,1H3,(H,18,20). The van der Waals surface area contributed by atoms with E-state index in [0.29, 0.717) is 5.69 Å². The van der Waals surface area contributed by atoms with Crippen molar-refractivity contribution in [2.75, 3.05) is 5.73 Å². The summed E-state index contributed by atoms with van der Waals surface area (Å²) in [6, 6.07) is 14.8. The van der Waals surface area contributed by atoms with Gasteiger partial charge in [-0.1, -0.05) is 30.3 Å². The first-order valence-electron chi connectivity index (χ1n) is 7.06. The first-order chi connectivity index (χ1) is 11.4. The molecule has 1 radical (unpaired) electrons. The summed E-state index contributed by atoms with van der Waals surface area (Å²) >= 11 is 0. The van der Waals surface area contributed by atoms with Gasteiger partial charge in [0, 0.05) is 5.69 Å². The Hall–Kier alpha value is -2.58. The van der Waals surface area contributed by atoms with Gasteiger partial charge in [0.25, 0.3) is 0 Å². The van der Waals surface area contributed by atoms with Gasteiger partial charge in [-0.2, -0.15) is 4.72 Å². The van der Waals surface area contributed by atoms with Crippen molar-refractivity contribution in [1.82, 2.24) is 10.0 Å². The molecule has 0 bridgehead atoms. The molecule has 0 saturated heterocycles. The lowest BCUT2D eigenvalue weighted by Gasteiger charge is -2.15. The molecule has 24 heavy (non-hydrogen) atoms. The summed E-state index contributed by atoms with van der Waals surface area (Å²) < 4.78 is 31.6. The van der Waals surface area contributed by atoms with Gasteiger partial charge in [0.05, 0.1) is 4.90 Å². The predicted octanol–water partition coefficient (Wildman–Crippen LogP) is 1.98. The van der Waals surface area contributed by atoms with Crippen molar-refractivity contribution in [2.24, 2.45) is 0 Å². The third-order valence-corrected chi connectivity index (χ3v) is 4.45. The van der Waals surface area contributed by atoms with Crippen molar-refractivity contribution >= 4 is 21.8 Å². The SMILES string of the molecule is C[C](NC(=O)OCc1ccccc1)NS(=O)(=O)c1ccc(N)cc1. The summed E-state index contributed by atoms with van der Waals surface area (Å²) in [5.74, 6) is 0. The maximum atomic E-state index is 12.1. The van der Waals surface area contributed by atoms with E-state index < -0.39 is 16.1 Å². The third-order valence-electron chi connectivity index (χ3n) is 2.98. The van der Waals surface area contributed by atoms with Gasteiger partial charge in [-0.3, -0.25) is 5.32 Å². The number of nitrogen functional groups attached to an aromatic ring is 1. The molecule has 0 unspecified atom stereocenters. The number of anilines is 1. The number of rotatable bonds is 6. The minimum absolute atomic E-state index is 0.0323. The lowest BCUT2D eigenvalue weighted by atomic mass is 10.2. The maximum absolute atomic E-state index is 12.1. The van der Waals surface area contributed by atoms with Crippen LogP contribution in [0.1, 0.15) is 12.5 Å². The lowest BCUT2D eigenvalue weighted by Crippen LogP contribution is -2.39. The number of hydrogen-bond donors (Lipinski definition) is 3. The summed E-state index contributed by atoms with van der Waals surface area (Å²) in [6.45, 7) is 1.50. The van der Waals surface area contributed by atoms with Crippen molar-refractivity contribution in [3.63, 3.8) is 0 Å². The van der Waals surface area contributed by atoms with Crippen LogP contribution in [-0.2, 0) is 21.4 Å². The molecular formula is C16H18N3O4S. The summed E-state index contributed by atoms with van der Waals surface area (Å²) in [7, 11) is -3.80. The van der Waals surface area contributed by atoms with Crippen LogP contribution in [-0.4, -0.2) is 14.5 Å². The molecule has 0 fully saturated rings. The Morgan fingerprint density at radius 3 is 2.33 bits per heavy atom. The number of nitrogens with one attached hydrogen (secondary N) is 2. The summed E-state index contributed by atoms with van der Waals surface area (Å²) in [4.78, 5) is 11.7. The van der Waals surface area contributed by atoms with Crippen molar-refractivity contribution in [3.05, 3.63) is 66.3 Å². The van der Waals surface area contributed by atoms with Crippen LogP contribution >= 0.6 is 0 Å². The zero-order valence-corrected chi connectivity index (χ0v) is 13.8. The molecular weight excluding hydrogens is 330 g/mol. The number of ether oxygens (including phenoxy) is 1. The maximum Gasteiger partial charge on any atom is 0.409 e. The van der Waals surface area contributed by atoms with E-state index in [4.69, 9.17) is 10.5 Å². The predicted molar refractivity (Wildman–Crippen MR) is 89.9 cm³/mol. The average molecular weight is 348 g/mol. The van der Waals surface area contributed by atoms with Crippen molar-refractivity contribution < 1.29 is 17.9 Å². The van der Waals surface area contributed by atoms with Crippen LogP contribution < -0.4 is 15.8 Å². The zero-order chi connectivity index (χ0) is 17.6. The van der Waals surface area contributed by atoms with Crippen molar-refractivity contribution in [1.29, 1.82) is 0 Å². The molecule has 2 rings (SSSR count). The minimum Gasteiger partial charge on any atom is -0.445 e. The van der Waals surface area contributed by atoms with E-state index in [2.05, 4.69) is 10.0 Å². The van der Waals surface area contributed by atoms with E-state index in [1.165, 1.54) is 31.2 Å². The third kappa shape index (κ3) is 5.25. The van der Waals surface area contributed by atoms with Crippen LogP contribution in [0.25, 0.3) is 0 Å². The number of alkyl carbamates (subject to hydrolysis) is 1. The molecule has 0 saturated carbocycles. The second-order valence-corrected chi connectivity index (χ2v) is 6.67. The molecule has 0 aromatic heterocycles. The van der Waals surface area contributed by atoms with Gasteiger partial charge >= 0.3 is 6.09 Å². The Labute approximate surface area is 140 Å². The van der Waals surface area contributed by atoms with Crippen LogP contribution in [0.15, 0.2) is 59.5 Å². The van der Waals surface area contributed by atoms with E-state index in [0.717, 1.165) is 5.56 Å². The second-order valence-electron chi connectivity index (χ2n) is 4.99. The number of amides is 1. The first kappa shape index (κ1) is 17.8. The van der Waals surface area contributed by atoms with Gasteiger partial charge in [0.15, 0.2) is 0 Å². The summed E-state index contributed by atoms with van der Waals surface area (Å²) in [6.07, 6.45) is -0.721. The Morgan fingerprint density at radius 2 is 1.71 bits per heavy atom. The molecule has 7 nitrogen and oxygen atoms in total. The molecule has 1 amide bonds. The number of carbonyl (C=O) groups is 1. The number of benzene rings is 2. The van der Waals surface area contributed by atoms with E-state index >= 15 is 0 Å². The highest BCUT2D eigenvalue weighted by atomic mass is 32.2. The molecule has 2 aromatic carbocycles. The fraction of sp³-hybridized carbons (Fsp3) is 0.125. The molecule has 0 aliphatic carbocycles. The monoisotopic (exact) mass is 348 g/mol. The molecule has 0 heterocycles. The van der Waals surface area contributed by atoms with Gasteiger partial charge in [-0.15, -0.1) is 0 Å². The largest absolute Gasteiger partial charge is 0.445 e. The van der Waals surface area contributed by atoms with Gasteiger partial charge in [-0.25, -0.2) is 13.2 Å². The summed E-state index contributed by atoms with van der Waals surface area (Å²) in [5, 5.41) is 2.33. The average Bonchev–Trinajstić information content (AvgIpc) is 2.53. The highest BCUT2D eigenvalue weighted by Crippen LogP contribution is 2.12. The smallest absolute Gasteiger partial charge is 0.409 e. The number of nitrogens with two attached hydrogens (primary N) is 1. The van der Waals surface area contributed by atoms with E-state index in [-0.39, 0.29) is 17.7 Å². The molecule has 0 spiro atoms. The van der Waals surface area contributed by atoms with Gasteiger partial charge in [0.1, 0.15) is 12.8 Å². The Balaban J connectivity index is 1.86. The number of hydrogen-bond acceptors (Lipinski definition) is 5. The molecule has 8 heteroatoms. The van der Waals surface area contributed by atoms with E-state index in [1.807, 2.05) is 30.3 Å². The highest BCUT2D eigenvalue weighted by molar-refractivity contribution is 7.89. The van der Waals surface area contributed by atoms with Gasteiger partial charge in [0.2, 0.25) is 10.0 Å². The first-order valence-corrected chi connectivity index (χ1v) is 8.55. The summed E-state index contributed by atoms with van der Waals surface area (Å²) in [5.41, 5.74) is 6.81. The van der Waals surface area contributed by atoms with Crippen LogP contribution in [0.2, 0.25) is 0 Å². The molecule has 127 valence electrons. The quantitative estimate of drug-likeness (QED) is 0.691. The fourth-order valence-electron chi connectivity index (χ4n) is 1.85. The van der Waals surface area contributed by atoms with Gasteiger partial charge < -0.3 is 10.5 Å². The topological polar surface area (TPSA) is 111 Å². The second kappa shape index (κ2) is 7.80. The van der Waals surface area contributed by atoms with Gasteiger partial charge in [-0.05, 0) is 36.8 Å². The number of carbonyl (C=O) groups excluding carboxylic acids is 1. The Kier molecular flexibility index (Phi) is 5.78.